The zero-order valence-electron chi connectivity index (χ0n) is 9.10. The molecule has 0 spiro atoms. The van der Waals surface area contributed by atoms with Crippen molar-refractivity contribution in [1.82, 2.24) is 10.4 Å². The Balaban J connectivity index is 2.06. The number of hydrogen-bond donors (Lipinski definition) is 2. The molecule has 2 aromatic heterocycles. The number of hydrazine groups is 1. The summed E-state index contributed by atoms with van der Waals surface area (Å²) in [6, 6.07) is 1.66. The van der Waals surface area contributed by atoms with E-state index >= 15 is 0 Å². The van der Waals surface area contributed by atoms with Crippen LogP contribution in [0, 0.1) is 6.92 Å². The molecule has 6 nitrogen and oxygen atoms in total. The van der Waals surface area contributed by atoms with Gasteiger partial charge in [0.1, 0.15) is 12.0 Å². The van der Waals surface area contributed by atoms with Gasteiger partial charge < -0.3 is 8.83 Å². The molecule has 0 unspecified atom stereocenters. The normalized spacial score (nSPS) is 10.5. The fraction of sp³-hybridized carbons (Fsp3) is 0.200. The molecule has 3 N–H and O–H groups in total. The topological polar surface area (TPSA) is 94.3 Å². The Hall–Kier alpha value is -1.73. The number of nitrogens with two attached hydrogens (primary N) is 1. The number of thioether (sulfide) groups is 1. The molecule has 0 saturated heterocycles. The smallest absolute Gasteiger partial charge is 0.300 e. The largest absolute Gasteiger partial charge is 0.456 e. The van der Waals surface area contributed by atoms with E-state index in [1.165, 1.54) is 18.0 Å². The zero-order valence-corrected chi connectivity index (χ0v) is 9.91. The Morgan fingerprint density at radius 2 is 2.47 bits per heavy atom. The predicted molar refractivity (Wildman–Crippen MR) is 61.2 cm³/mol. The van der Waals surface area contributed by atoms with Gasteiger partial charge >= 0.3 is 5.91 Å². The third-order valence-corrected chi connectivity index (χ3v) is 3.04. The predicted octanol–water partition coefficient (Wildman–Crippen LogP) is 1.47. The van der Waals surface area contributed by atoms with Crippen molar-refractivity contribution in [1.29, 1.82) is 0 Å². The van der Waals surface area contributed by atoms with Crippen molar-refractivity contribution in [2.45, 2.75) is 17.9 Å². The quantitative estimate of drug-likeness (QED) is 0.371. The van der Waals surface area contributed by atoms with Gasteiger partial charge in [-0.05, 0) is 13.0 Å². The van der Waals surface area contributed by atoms with Gasteiger partial charge in [-0.15, -0.1) is 0 Å². The Morgan fingerprint density at radius 1 is 1.65 bits per heavy atom. The molecule has 17 heavy (non-hydrogen) atoms. The van der Waals surface area contributed by atoms with Crippen molar-refractivity contribution in [2.24, 2.45) is 5.84 Å². The molecule has 7 heteroatoms. The van der Waals surface area contributed by atoms with Gasteiger partial charge in [-0.3, -0.25) is 10.2 Å². The van der Waals surface area contributed by atoms with E-state index < -0.39 is 5.91 Å². The van der Waals surface area contributed by atoms with Gasteiger partial charge in [0.05, 0.1) is 6.20 Å². The van der Waals surface area contributed by atoms with Crippen LogP contribution in [0.1, 0.15) is 21.9 Å². The van der Waals surface area contributed by atoms with Crippen LogP contribution in [0.2, 0.25) is 0 Å². The summed E-state index contributed by atoms with van der Waals surface area (Å²) in [5.74, 6) is 6.08. The molecule has 0 aliphatic heterocycles. The number of hydrogen-bond acceptors (Lipinski definition) is 6. The second-order valence-electron chi connectivity index (χ2n) is 3.25. The lowest BCUT2D eigenvalue weighted by Gasteiger charge is -1.94. The van der Waals surface area contributed by atoms with Gasteiger partial charge in [0.25, 0.3) is 5.22 Å². The van der Waals surface area contributed by atoms with Crippen LogP contribution in [-0.2, 0) is 5.75 Å². The van der Waals surface area contributed by atoms with E-state index in [0.29, 0.717) is 16.7 Å². The van der Waals surface area contributed by atoms with E-state index in [1.54, 1.807) is 19.2 Å². The van der Waals surface area contributed by atoms with E-state index in [-0.39, 0.29) is 5.76 Å². The van der Waals surface area contributed by atoms with E-state index in [0.717, 1.165) is 5.56 Å². The Kier molecular flexibility index (Phi) is 3.50. The monoisotopic (exact) mass is 253 g/mol. The first-order valence-electron chi connectivity index (χ1n) is 4.83. The molecule has 0 radical (unpaired) electrons. The minimum Gasteiger partial charge on any atom is -0.456 e. The fourth-order valence-corrected chi connectivity index (χ4v) is 2.09. The van der Waals surface area contributed by atoms with Crippen LogP contribution < -0.4 is 11.3 Å². The van der Waals surface area contributed by atoms with Crippen LogP contribution in [0.3, 0.4) is 0 Å². The number of rotatable bonds is 4. The van der Waals surface area contributed by atoms with Crippen molar-refractivity contribution in [2.75, 3.05) is 0 Å². The van der Waals surface area contributed by atoms with Gasteiger partial charge in [-0.2, -0.15) is 0 Å². The Labute approximate surface area is 102 Å². The average molecular weight is 253 g/mol. The second kappa shape index (κ2) is 5.07. The van der Waals surface area contributed by atoms with Gasteiger partial charge in [-0.25, -0.2) is 10.8 Å². The molecule has 2 heterocycles. The number of aromatic nitrogens is 1. The summed E-state index contributed by atoms with van der Waals surface area (Å²) in [6.07, 6.45) is 3.09. The SMILES string of the molecule is Cc1oc(C(=O)NN)cc1CSc1ncco1. The van der Waals surface area contributed by atoms with E-state index in [4.69, 9.17) is 14.7 Å². The highest BCUT2D eigenvalue weighted by atomic mass is 32.2. The summed E-state index contributed by atoms with van der Waals surface area (Å²) < 4.78 is 10.4. The van der Waals surface area contributed by atoms with Crippen LogP contribution in [0.15, 0.2) is 32.6 Å². The number of oxazole rings is 1. The van der Waals surface area contributed by atoms with Crippen molar-refractivity contribution >= 4 is 17.7 Å². The fourth-order valence-electron chi connectivity index (χ4n) is 1.27. The molecule has 2 rings (SSSR count). The molecule has 1 amide bonds. The number of aryl methyl sites for hydroxylation is 1. The molecule has 0 aliphatic carbocycles. The zero-order chi connectivity index (χ0) is 12.3. The lowest BCUT2D eigenvalue weighted by atomic mass is 10.3. The van der Waals surface area contributed by atoms with E-state index in [2.05, 4.69) is 4.98 Å². The molecule has 0 atom stereocenters. The molecule has 0 aromatic carbocycles. The lowest BCUT2D eigenvalue weighted by molar-refractivity contribution is 0.0924. The number of nitrogen functional groups attached to an aromatic ring is 1. The van der Waals surface area contributed by atoms with Crippen LogP contribution in [0.5, 0.6) is 0 Å². The molecule has 0 aliphatic rings. The maximum atomic E-state index is 11.2. The first-order valence-corrected chi connectivity index (χ1v) is 5.82. The third kappa shape index (κ3) is 2.69. The summed E-state index contributed by atoms with van der Waals surface area (Å²) in [7, 11) is 0. The van der Waals surface area contributed by atoms with Crippen LogP contribution in [-0.4, -0.2) is 10.9 Å². The molecule has 2 aromatic rings. The third-order valence-electron chi connectivity index (χ3n) is 2.14. The van der Waals surface area contributed by atoms with Crippen molar-refractivity contribution in [3.63, 3.8) is 0 Å². The Bertz CT molecular complexity index is 507. The highest BCUT2D eigenvalue weighted by molar-refractivity contribution is 7.98. The van der Waals surface area contributed by atoms with Gasteiger partial charge in [-0.1, -0.05) is 11.8 Å². The molecular weight excluding hydrogens is 242 g/mol. The second-order valence-corrected chi connectivity index (χ2v) is 4.18. The maximum absolute atomic E-state index is 11.2. The van der Waals surface area contributed by atoms with E-state index in [9.17, 15) is 4.79 Å². The summed E-state index contributed by atoms with van der Waals surface area (Å²) in [5, 5.41) is 0.579. The number of amides is 1. The number of carbonyl (C=O) groups excluding carboxylic acids is 1. The first-order chi connectivity index (χ1) is 8.20. The van der Waals surface area contributed by atoms with Crippen molar-refractivity contribution in [3.05, 3.63) is 35.6 Å². The molecule has 0 saturated carbocycles. The van der Waals surface area contributed by atoms with E-state index in [1.807, 2.05) is 5.43 Å². The average Bonchev–Trinajstić information content (AvgIpc) is 2.95. The summed E-state index contributed by atoms with van der Waals surface area (Å²) >= 11 is 1.43. The number of nitrogens with zero attached hydrogens (tertiary/aromatic N) is 1. The first kappa shape index (κ1) is 11.7. The van der Waals surface area contributed by atoms with Crippen molar-refractivity contribution < 1.29 is 13.6 Å². The van der Waals surface area contributed by atoms with Crippen LogP contribution >= 0.6 is 11.8 Å². The standard InChI is InChI=1S/C10H11N3O3S/c1-6-7(4-8(16-6)9(14)13-11)5-17-10-12-2-3-15-10/h2-4H,5,11H2,1H3,(H,13,14). The summed E-state index contributed by atoms with van der Waals surface area (Å²) in [6.45, 7) is 1.79. The summed E-state index contributed by atoms with van der Waals surface area (Å²) in [5.41, 5.74) is 2.93. The number of carbonyl (C=O) groups is 1. The molecule has 0 fully saturated rings. The van der Waals surface area contributed by atoms with Crippen molar-refractivity contribution in [3.8, 4) is 0 Å². The summed E-state index contributed by atoms with van der Waals surface area (Å²) in [4.78, 5) is 15.2. The molecule has 0 bridgehead atoms. The minimum atomic E-state index is -0.444. The number of nitrogens with one attached hydrogen (secondary N) is 1. The van der Waals surface area contributed by atoms with Crippen LogP contribution in [0.4, 0.5) is 0 Å². The Morgan fingerprint density at radius 3 is 3.12 bits per heavy atom. The van der Waals surface area contributed by atoms with Crippen LogP contribution in [0.25, 0.3) is 0 Å². The maximum Gasteiger partial charge on any atom is 0.300 e. The lowest BCUT2D eigenvalue weighted by Crippen LogP contribution is -2.29. The highest BCUT2D eigenvalue weighted by Gasteiger charge is 2.14. The number of furan rings is 1. The molecule has 90 valence electrons. The molecular formula is C10H11N3O3S. The minimum absolute atomic E-state index is 0.202. The highest BCUT2D eigenvalue weighted by Crippen LogP contribution is 2.24. The van der Waals surface area contributed by atoms with Gasteiger partial charge in [0.15, 0.2) is 5.76 Å². The van der Waals surface area contributed by atoms with Gasteiger partial charge in [0.2, 0.25) is 0 Å². The van der Waals surface area contributed by atoms with Gasteiger partial charge in [0, 0.05) is 11.3 Å².